The van der Waals surface area contributed by atoms with E-state index in [1.165, 1.54) is 6.07 Å². The first-order chi connectivity index (χ1) is 12.0. The Balaban J connectivity index is 1.94. The molecule has 0 fully saturated rings. The van der Waals surface area contributed by atoms with Crippen molar-refractivity contribution in [2.24, 2.45) is 0 Å². The molecule has 0 saturated carbocycles. The summed E-state index contributed by atoms with van der Waals surface area (Å²) < 4.78 is 6.18. The summed E-state index contributed by atoms with van der Waals surface area (Å²) in [5, 5.41) is 3.12. The highest BCUT2D eigenvalue weighted by Gasteiger charge is 2.11. The van der Waals surface area contributed by atoms with E-state index in [2.05, 4.69) is 10.3 Å². The van der Waals surface area contributed by atoms with Crippen LogP contribution in [-0.4, -0.2) is 22.6 Å². The normalized spacial score (nSPS) is 10.6. The van der Waals surface area contributed by atoms with Crippen molar-refractivity contribution in [1.29, 1.82) is 0 Å². The minimum absolute atomic E-state index is 0.282. The van der Waals surface area contributed by atoms with E-state index in [0.717, 1.165) is 4.57 Å². The Bertz CT molecular complexity index is 1050. The predicted octanol–water partition coefficient (Wildman–Crippen LogP) is 1.97. The summed E-state index contributed by atoms with van der Waals surface area (Å²) in [5.41, 5.74) is 0.423. The van der Waals surface area contributed by atoms with Gasteiger partial charge in [-0.05, 0) is 49.4 Å². The topological polar surface area (TPSA) is 93.2 Å². The first-order valence-corrected chi connectivity index (χ1v) is 7.75. The smallest absolute Gasteiger partial charge is 0.328 e. The van der Waals surface area contributed by atoms with E-state index >= 15 is 0 Å². The van der Waals surface area contributed by atoms with Crippen LogP contribution in [-0.2, 0) is 6.54 Å². The summed E-state index contributed by atoms with van der Waals surface area (Å²) in [5.74, 6) is 0.348. The Morgan fingerprint density at radius 2 is 1.88 bits per heavy atom. The Hall–Kier alpha value is -3.35. The lowest BCUT2D eigenvalue weighted by molar-refractivity contribution is 0.102. The molecular weight excluding hydrogens is 322 g/mol. The number of benzene rings is 2. The van der Waals surface area contributed by atoms with Crippen molar-refractivity contribution in [3.8, 4) is 5.75 Å². The second-order valence-corrected chi connectivity index (χ2v) is 5.42. The molecule has 2 N–H and O–H groups in total. The summed E-state index contributed by atoms with van der Waals surface area (Å²) in [7, 11) is 1.57. The third kappa shape index (κ3) is 3.16. The van der Waals surface area contributed by atoms with Gasteiger partial charge < -0.3 is 15.0 Å². The van der Waals surface area contributed by atoms with Crippen molar-refractivity contribution in [1.82, 2.24) is 9.55 Å². The molecule has 2 aromatic carbocycles. The van der Waals surface area contributed by atoms with Gasteiger partial charge in [-0.2, -0.15) is 0 Å². The van der Waals surface area contributed by atoms with E-state index < -0.39 is 5.69 Å². The fourth-order valence-corrected chi connectivity index (χ4v) is 2.56. The number of fused-ring (bicyclic) bond motifs is 1. The Kier molecular flexibility index (Phi) is 4.38. The lowest BCUT2D eigenvalue weighted by atomic mass is 10.1. The van der Waals surface area contributed by atoms with Crippen LogP contribution in [0.15, 0.2) is 52.1 Å². The van der Waals surface area contributed by atoms with E-state index in [1.54, 1.807) is 50.4 Å². The summed E-state index contributed by atoms with van der Waals surface area (Å²) in [6, 6.07) is 11.5. The second-order valence-electron chi connectivity index (χ2n) is 5.42. The fraction of sp³-hybridized carbons (Fsp3) is 0.167. The maximum atomic E-state index is 12.4. The van der Waals surface area contributed by atoms with Gasteiger partial charge in [0, 0.05) is 17.8 Å². The number of ether oxygens (including phenoxy) is 1. The number of hydrogen-bond acceptors (Lipinski definition) is 4. The number of carbonyl (C=O) groups is 1. The van der Waals surface area contributed by atoms with Crippen molar-refractivity contribution in [3.63, 3.8) is 0 Å². The number of carbonyl (C=O) groups excluding carboxylic acids is 1. The van der Waals surface area contributed by atoms with Crippen LogP contribution in [0.5, 0.6) is 5.75 Å². The molecule has 0 unspecified atom stereocenters. The molecule has 3 rings (SSSR count). The van der Waals surface area contributed by atoms with Crippen LogP contribution in [0.2, 0.25) is 0 Å². The molecule has 0 atom stereocenters. The van der Waals surface area contributed by atoms with Gasteiger partial charge in [0.1, 0.15) is 5.75 Å². The molecule has 1 heterocycles. The van der Waals surface area contributed by atoms with Gasteiger partial charge in [0.15, 0.2) is 0 Å². The molecule has 0 saturated heterocycles. The number of hydrogen-bond donors (Lipinski definition) is 2. The maximum Gasteiger partial charge on any atom is 0.328 e. The molecule has 3 aromatic rings. The van der Waals surface area contributed by atoms with Crippen molar-refractivity contribution < 1.29 is 9.53 Å². The van der Waals surface area contributed by atoms with Crippen LogP contribution in [0.1, 0.15) is 17.3 Å². The van der Waals surface area contributed by atoms with Crippen LogP contribution < -0.4 is 21.3 Å². The quantitative estimate of drug-likeness (QED) is 0.760. The molecule has 0 bridgehead atoms. The maximum absolute atomic E-state index is 12.4. The Morgan fingerprint density at radius 3 is 2.52 bits per heavy atom. The number of aromatic amines is 1. The minimum atomic E-state index is -0.493. The van der Waals surface area contributed by atoms with E-state index in [0.29, 0.717) is 27.9 Å². The molecule has 0 aliphatic carbocycles. The largest absolute Gasteiger partial charge is 0.497 e. The van der Waals surface area contributed by atoms with Gasteiger partial charge in [-0.3, -0.25) is 14.2 Å². The SMILES string of the molecule is CCn1c(=O)[nH]c2cc(C(=O)Nc3ccc(OC)cc3)ccc2c1=O. The number of methoxy groups -OCH3 is 1. The first kappa shape index (κ1) is 16.5. The number of anilines is 1. The van der Waals surface area contributed by atoms with Gasteiger partial charge in [-0.25, -0.2) is 4.79 Å². The van der Waals surface area contributed by atoms with Crippen molar-refractivity contribution >= 4 is 22.5 Å². The summed E-state index contributed by atoms with van der Waals surface area (Å²) in [4.78, 5) is 39.2. The number of H-pyrrole nitrogens is 1. The molecule has 1 amide bonds. The molecule has 25 heavy (non-hydrogen) atoms. The summed E-state index contributed by atoms with van der Waals surface area (Å²) in [6.07, 6.45) is 0. The Labute approximate surface area is 142 Å². The zero-order valence-corrected chi connectivity index (χ0v) is 13.8. The van der Waals surface area contributed by atoms with Crippen LogP contribution >= 0.6 is 0 Å². The number of nitrogens with one attached hydrogen (secondary N) is 2. The predicted molar refractivity (Wildman–Crippen MR) is 95.4 cm³/mol. The van der Waals surface area contributed by atoms with Gasteiger partial charge in [0.05, 0.1) is 18.0 Å². The van der Waals surface area contributed by atoms with Crippen molar-refractivity contribution in [2.75, 3.05) is 12.4 Å². The zero-order valence-electron chi connectivity index (χ0n) is 13.8. The van der Waals surface area contributed by atoms with Gasteiger partial charge >= 0.3 is 5.69 Å². The Morgan fingerprint density at radius 1 is 1.16 bits per heavy atom. The van der Waals surface area contributed by atoms with Crippen LogP contribution in [0, 0.1) is 0 Å². The molecule has 7 nitrogen and oxygen atoms in total. The molecular formula is C18H17N3O4. The highest BCUT2D eigenvalue weighted by atomic mass is 16.5. The molecule has 1 aromatic heterocycles. The lowest BCUT2D eigenvalue weighted by Gasteiger charge is -2.08. The molecule has 0 aliphatic heterocycles. The van der Waals surface area contributed by atoms with E-state index in [4.69, 9.17) is 4.74 Å². The summed E-state index contributed by atoms with van der Waals surface area (Å²) in [6.45, 7) is 2.00. The highest BCUT2D eigenvalue weighted by molar-refractivity contribution is 6.06. The average molecular weight is 339 g/mol. The first-order valence-electron chi connectivity index (χ1n) is 7.75. The average Bonchev–Trinajstić information content (AvgIpc) is 2.62. The standard InChI is InChI=1S/C18H17N3O4/c1-3-21-17(23)14-9-4-11(10-15(14)20-18(21)24)16(22)19-12-5-7-13(25-2)8-6-12/h4-10H,3H2,1-2H3,(H,19,22)(H,20,24). The zero-order chi connectivity index (χ0) is 18.0. The number of nitrogens with zero attached hydrogens (tertiary/aromatic N) is 1. The molecule has 0 aliphatic rings. The van der Waals surface area contributed by atoms with Crippen LogP contribution in [0.25, 0.3) is 10.9 Å². The highest BCUT2D eigenvalue weighted by Crippen LogP contribution is 2.16. The fourth-order valence-electron chi connectivity index (χ4n) is 2.56. The van der Waals surface area contributed by atoms with Gasteiger partial charge in [0.2, 0.25) is 0 Å². The second kappa shape index (κ2) is 6.64. The lowest BCUT2D eigenvalue weighted by Crippen LogP contribution is -2.34. The van der Waals surface area contributed by atoms with Gasteiger partial charge in [0.25, 0.3) is 11.5 Å². The van der Waals surface area contributed by atoms with Crippen molar-refractivity contribution in [3.05, 3.63) is 68.9 Å². The minimum Gasteiger partial charge on any atom is -0.497 e. The number of amides is 1. The number of aromatic nitrogens is 2. The van der Waals surface area contributed by atoms with Gasteiger partial charge in [-0.15, -0.1) is 0 Å². The van der Waals surface area contributed by atoms with E-state index in [9.17, 15) is 14.4 Å². The van der Waals surface area contributed by atoms with Crippen LogP contribution in [0.4, 0.5) is 5.69 Å². The number of rotatable bonds is 4. The molecule has 7 heteroatoms. The summed E-state index contributed by atoms with van der Waals surface area (Å²) >= 11 is 0. The van der Waals surface area contributed by atoms with Crippen LogP contribution in [0.3, 0.4) is 0 Å². The van der Waals surface area contributed by atoms with E-state index in [-0.39, 0.29) is 18.0 Å². The monoisotopic (exact) mass is 339 g/mol. The third-order valence-electron chi connectivity index (χ3n) is 3.91. The molecule has 128 valence electrons. The van der Waals surface area contributed by atoms with Crippen molar-refractivity contribution in [2.45, 2.75) is 13.5 Å². The van der Waals surface area contributed by atoms with Gasteiger partial charge in [-0.1, -0.05) is 0 Å². The molecule has 0 spiro atoms. The van der Waals surface area contributed by atoms with E-state index in [1.807, 2.05) is 0 Å². The molecule has 0 radical (unpaired) electrons. The third-order valence-corrected chi connectivity index (χ3v) is 3.91.